The standard InChI is InChI=1S/C36H54O3/c1-23-7-9-24(10-8-23)22-39-32-20-33(2,3)19-29-25-11-12-31-34(4,27(25)14-17-36(29,32)6)16-13-28-26(21-37)30(38)15-18-35(28,31)5/h7-11,26-32,37-38H,12-22H2,1-6H3. The smallest absolute Gasteiger partial charge is 0.0720 e. The van der Waals surface area contributed by atoms with Crippen molar-refractivity contribution in [2.24, 2.45) is 51.2 Å². The summed E-state index contributed by atoms with van der Waals surface area (Å²) in [5.74, 6) is 2.41. The van der Waals surface area contributed by atoms with E-state index in [4.69, 9.17) is 4.74 Å². The van der Waals surface area contributed by atoms with E-state index in [2.05, 4.69) is 71.9 Å². The molecule has 5 aliphatic rings. The van der Waals surface area contributed by atoms with Crippen molar-refractivity contribution in [2.45, 2.75) is 118 Å². The summed E-state index contributed by atoms with van der Waals surface area (Å²) in [5.41, 5.74) is 5.37. The van der Waals surface area contributed by atoms with Crippen molar-refractivity contribution in [3.8, 4) is 0 Å². The Kier molecular flexibility index (Phi) is 6.96. The molecule has 0 bridgehead atoms. The molecule has 5 aliphatic carbocycles. The van der Waals surface area contributed by atoms with E-state index < -0.39 is 0 Å². The molecule has 4 fully saturated rings. The number of hydrogen-bond acceptors (Lipinski definition) is 3. The van der Waals surface area contributed by atoms with Crippen LogP contribution in [0, 0.1) is 58.2 Å². The highest BCUT2D eigenvalue weighted by Gasteiger charge is 2.64. The van der Waals surface area contributed by atoms with E-state index >= 15 is 0 Å². The van der Waals surface area contributed by atoms with Crippen molar-refractivity contribution in [3.05, 3.63) is 47.0 Å². The fourth-order valence-electron chi connectivity index (χ4n) is 11.1. The van der Waals surface area contributed by atoms with Crippen LogP contribution in [0.2, 0.25) is 0 Å². The molecule has 0 aromatic heterocycles. The minimum Gasteiger partial charge on any atom is -0.396 e. The lowest BCUT2D eigenvalue weighted by atomic mass is 9.38. The van der Waals surface area contributed by atoms with Crippen LogP contribution in [0.4, 0.5) is 0 Å². The van der Waals surface area contributed by atoms with E-state index in [0.29, 0.717) is 41.8 Å². The Bertz CT molecular complexity index is 1090. The second-order valence-electron chi connectivity index (χ2n) is 16.1. The van der Waals surface area contributed by atoms with Crippen molar-refractivity contribution < 1.29 is 14.9 Å². The van der Waals surface area contributed by atoms with Crippen molar-refractivity contribution in [2.75, 3.05) is 6.61 Å². The lowest BCUT2D eigenvalue weighted by Crippen LogP contribution is -2.61. The van der Waals surface area contributed by atoms with Gasteiger partial charge in [-0.2, -0.15) is 0 Å². The summed E-state index contributed by atoms with van der Waals surface area (Å²) >= 11 is 0. The third-order valence-electron chi connectivity index (χ3n) is 13.4. The normalized spacial score (nSPS) is 46.8. The fraction of sp³-hybridized carbons (Fsp3) is 0.778. The molecule has 3 nitrogen and oxygen atoms in total. The average Bonchev–Trinajstić information content (AvgIpc) is 2.89. The molecule has 0 spiro atoms. The van der Waals surface area contributed by atoms with Crippen molar-refractivity contribution >= 4 is 0 Å². The first-order valence-electron chi connectivity index (χ1n) is 16.1. The highest BCUT2D eigenvalue weighted by atomic mass is 16.5. The Morgan fingerprint density at radius 2 is 1.54 bits per heavy atom. The van der Waals surface area contributed by atoms with Gasteiger partial charge in [0.1, 0.15) is 0 Å². The summed E-state index contributed by atoms with van der Waals surface area (Å²) < 4.78 is 6.87. The predicted octanol–water partition coefficient (Wildman–Crippen LogP) is 7.86. The zero-order chi connectivity index (χ0) is 27.8. The molecule has 10 unspecified atom stereocenters. The maximum Gasteiger partial charge on any atom is 0.0720 e. The van der Waals surface area contributed by atoms with E-state index in [1.807, 2.05) is 0 Å². The topological polar surface area (TPSA) is 49.7 Å². The van der Waals surface area contributed by atoms with Crippen molar-refractivity contribution in [1.82, 2.24) is 0 Å². The van der Waals surface area contributed by atoms with Gasteiger partial charge in [0, 0.05) is 17.9 Å². The van der Waals surface area contributed by atoms with Crippen LogP contribution in [0.15, 0.2) is 35.9 Å². The third-order valence-corrected chi connectivity index (χ3v) is 13.4. The van der Waals surface area contributed by atoms with Crippen LogP contribution in [0.25, 0.3) is 0 Å². The number of aliphatic hydroxyl groups is 2. The summed E-state index contributed by atoms with van der Waals surface area (Å²) in [6.45, 7) is 15.7. The van der Waals surface area contributed by atoms with Crippen LogP contribution >= 0.6 is 0 Å². The van der Waals surface area contributed by atoms with Gasteiger partial charge in [0.25, 0.3) is 0 Å². The molecule has 0 amide bonds. The number of benzene rings is 1. The number of aryl methyl sites for hydroxylation is 1. The van der Waals surface area contributed by atoms with Crippen LogP contribution in [0.1, 0.15) is 104 Å². The van der Waals surface area contributed by atoms with Crippen LogP contribution < -0.4 is 0 Å². The van der Waals surface area contributed by atoms with Gasteiger partial charge in [-0.1, -0.05) is 76.1 Å². The van der Waals surface area contributed by atoms with Gasteiger partial charge in [0.05, 0.1) is 18.8 Å². The molecule has 1 aromatic carbocycles. The first-order valence-corrected chi connectivity index (χ1v) is 16.1. The van der Waals surface area contributed by atoms with Gasteiger partial charge in [0.15, 0.2) is 0 Å². The molecule has 0 aliphatic heterocycles. The summed E-state index contributed by atoms with van der Waals surface area (Å²) in [4.78, 5) is 0. The van der Waals surface area contributed by atoms with E-state index in [1.54, 1.807) is 5.57 Å². The Morgan fingerprint density at radius 1 is 0.846 bits per heavy atom. The molecule has 216 valence electrons. The van der Waals surface area contributed by atoms with Gasteiger partial charge in [-0.25, -0.2) is 0 Å². The maximum atomic E-state index is 10.7. The average molecular weight is 535 g/mol. The minimum atomic E-state index is -0.330. The number of fused-ring (bicyclic) bond motifs is 7. The number of aliphatic hydroxyl groups excluding tert-OH is 2. The molecule has 0 radical (unpaired) electrons. The fourth-order valence-corrected chi connectivity index (χ4v) is 11.1. The van der Waals surface area contributed by atoms with E-state index in [1.165, 1.54) is 43.2 Å². The zero-order valence-corrected chi connectivity index (χ0v) is 25.5. The van der Waals surface area contributed by atoms with Crippen LogP contribution in [0.5, 0.6) is 0 Å². The second-order valence-corrected chi connectivity index (χ2v) is 16.1. The Hall–Kier alpha value is -1.16. The lowest BCUT2D eigenvalue weighted by molar-refractivity contribution is -0.177. The van der Waals surface area contributed by atoms with Crippen LogP contribution in [0.3, 0.4) is 0 Å². The molecule has 4 saturated carbocycles. The molecule has 10 atom stereocenters. The van der Waals surface area contributed by atoms with Crippen molar-refractivity contribution in [3.63, 3.8) is 0 Å². The second kappa shape index (κ2) is 9.70. The van der Waals surface area contributed by atoms with Gasteiger partial charge in [-0.15, -0.1) is 0 Å². The van der Waals surface area contributed by atoms with Gasteiger partial charge >= 0.3 is 0 Å². The van der Waals surface area contributed by atoms with Gasteiger partial charge in [-0.05, 0) is 110 Å². The third kappa shape index (κ3) is 4.40. The molecule has 3 heteroatoms. The molecule has 1 aromatic rings. The summed E-state index contributed by atoms with van der Waals surface area (Å²) in [6.07, 6.45) is 13.2. The monoisotopic (exact) mass is 534 g/mol. The summed E-state index contributed by atoms with van der Waals surface area (Å²) in [5, 5.41) is 21.0. The first-order chi connectivity index (χ1) is 18.4. The van der Waals surface area contributed by atoms with Crippen molar-refractivity contribution in [1.29, 1.82) is 0 Å². The maximum absolute atomic E-state index is 10.7. The highest BCUT2D eigenvalue weighted by molar-refractivity contribution is 5.29. The molecule has 0 saturated heterocycles. The summed E-state index contributed by atoms with van der Waals surface area (Å²) in [7, 11) is 0. The molecular formula is C36H54O3. The molecule has 6 rings (SSSR count). The SMILES string of the molecule is Cc1ccc(COC2CC(C)(C)CC3C4=CCC5C(C)(CCC6C(CO)C(O)CCC65C)C4CCC23C)cc1. The Balaban J connectivity index is 1.29. The largest absolute Gasteiger partial charge is 0.396 e. The lowest BCUT2D eigenvalue weighted by Gasteiger charge is -2.67. The minimum absolute atomic E-state index is 0.0545. The predicted molar refractivity (Wildman–Crippen MR) is 158 cm³/mol. The number of ether oxygens (including phenoxy) is 1. The van der Waals surface area contributed by atoms with Gasteiger partial charge in [0.2, 0.25) is 0 Å². The first kappa shape index (κ1) is 28.0. The molecular weight excluding hydrogens is 480 g/mol. The van der Waals surface area contributed by atoms with Crippen LogP contribution in [-0.4, -0.2) is 29.0 Å². The quantitative estimate of drug-likeness (QED) is 0.387. The van der Waals surface area contributed by atoms with Gasteiger partial charge in [-0.3, -0.25) is 0 Å². The number of rotatable bonds is 4. The Labute approximate surface area is 237 Å². The van der Waals surface area contributed by atoms with E-state index in [9.17, 15) is 10.2 Å². The molecule has 2 N–H and O–H groups in total. The van der Waals surface area contributed by atoms with Crippen LogP contribution in [-0.2, 0) is 11.3 Å². The summed E-state index contributed by atoms with van der Waals surface area (Å²) in [6, 6.07) is 8.86. The van der Waals surface area contributed by atoms with E-state index in [0.717, 1.165) is 25.7 Å². The van der Waals surface area contributed by atoms with Gasteiger partial charge < -0.3 is 14.9 Å². The highest BCUT2D eigenvalue weighted by Crippen LogP contribution is 2.70. The number of allylic oxidation sites excluding steroid dienone is 2. The van der Waals surface area contributed by atoms with E-state index in [-0.39, 0.29) is 34.9 Å². The molecule has 0 heterocycles. The number of hydrogen-bond donors (Lipinski definition) is 2. The Morgan fingerprint density at radius 3 is 2.26 bits per heavy atom. The zero-order valence-electron chi connectivity index (χ0n) is 25.5. The molecule has 39 heavy (non-hydrogen) atoms.